The van der Waals surface area contributed by atoms with Crippen molar-refractivity contribution in [1.29, 1.82) is 0 Å². The van der Waals surface area contributed by atoms with Crippen LogP contribution in [-0.4, -0.2) is 11.7 Å². The summed E-state index contributed by atoms with van der Waals surface area (Å²) in [6.07, 6.45) is 0.870. The summed E-state index contributed by atoms with van der Waals surface area (Å²) in [6, 6.07) is 20.0. The van der Waals surface area contributed by atoms with Crippen molar-refractivity contribution in [3.8, 4) is 11.5 Å². The largest absolute Gasteiger partial charge is 0.507 e. The minimum absolute atomic E-state index is 0.334. The molecule has 0 aliphatic heterocycles. The van der Waals surface area contributed by atoms with Crippen LogP contribution in [0.3, 0.4) is 0 Å². The maximum atomic E-state index is 10.1. The van der Waals surface area contributed by atoms with Gasteiger partial charge in [-0.15, -0.1) is 0 Å². The monoisotopic (exact) mass is 278 g/mol. The zero-order valence-corrected chi connectivity index (χ0v) is 12.0. The van der Waals surface area contributed by atoms with Gasteiger partial charge in [0.15, 0.2) is 0 Å². The molecular weight excluding hydrogens is 260 g/mol. The lowest BCUT2D eigenvalue weighted by atomic mass is 10.0. The Hall–Kier alpha value is -2.48. The first-order chi connectivity index (χ1) is 10.3. The van der Waals surface area contributed by atoms with Crippen molar-refractivity contribution in [1.82, 2.24) is 0 Å². The Morgan fingerprint density at radius 1 is 0.905 bits per heavy atom. The second-order valence-electron chi connectivity index (χ2n) is 5.17. The molecule has 0 saturated heterocycles. The molecule has 2 heteroatoms. The lowest BCUT2D eigenvalue weighted by Gasteiger charge is -2.12. The number of fused-ring (bicyclic) bond motifs is 1. The molecule has 0 atom stereocenters. The molecule has 3 aromatic rings. The van der Waals surface area contributed by atoms with E-state index in [4.69, 9.17) is 4.74 Å². The van der Waals surface area contributed by atoms with Gasteiger partial charge in [-0.05, 0) is 24.1 Å². The molecule has 2 nitrogen and oxygen atoms in total. The van der Waals surface area contributed by atoms with Crippen LogP contribution in [0, 0.1) is 6.92 Å². The Labute approximate surface area is 124 Å². The van der Waals surface area contributed by atoms with Crippen molar-refractivity contribution in [2.24, 2.45) is 0 Å². The smallest absolute Gasteiger partial charge is 0.127 e. The van der Waals surface area contributed by atoms with Gasteiger partial charge in [0.1, 0.15) is 11.5 Å². The molecule has 21 heavy (non-hydrogen) atoms. The first kappa shape index (κ1) is 13.5. The Balaban J connectivity index is 1.82. The van der Waals surface area contributed by atoms with E-state index >= 15 is 0 Å². The van der Waals surface area contributed by atoms with E-state index in [9.17, 15) is 5.11 Å². The minimum Gasteiger partial charge on any atom is -0.507 e. The van der Waals surface area contributed by atoms with Gasteiger partial charge < -0.3 is 9.84 Å². The zero-order chi connectivity index (χ0) is 14.7. The SMILES string of the molecule is Cc1cc(OCCc2ccccc2)c2ccccc2c1O. The minimum atomic E-state index is 0.334. The van der Waals surface area contributed by atoms with Crippen LogP contribution < -0.4 is 4.74 Å². The van der Waals surface area contributed by atoms with Gasteiger partial charge in [0.05, 0.1) is 6.61 Å². The average Bonchev–Trinajstić information content (AvgIpc) is 2.53. The van der Waals surface area contributed by atoms with Gasteiger partial charge in [0, 0.05) is 17.2 Å². The normalized spacial score (nSPS) is 10.7. The van der Waals surface area contributed by atoms with Gasteiger partial charge in [-0.1, -0.05) is 54.6 Å². The second-order valence-corrected chi connectivity index (χ2v) is 5.17. The van der Waals surface area contributed by atoms with E-state index in [0.29, 0.717) is 12.4 Å². The number of aromatic hydroxyl groups is 1. The van der Waals surface area contributed by atoms with Crippen molar-refractivity contribution < 1.29 is 9.84 Å². The van der Waals surface area contributed by atoms with Gasteiger partial charge in [0.25, 0.3) is 0 Å². The highest BCUT2D eigenvalue weighted by Crippen LogP contribution is 2.35. The van der Waals surface area contributed by atoms with Gasteiger partial charge >= 0.3 is 0 Å². The van der Waals surface area contributed by atoms with Crippen LogP contribution in [0.15, 0.2) is 60.7 Å². The number of ether oxygens (including phenoxy) is 1. The Kier molecular flexibility index (Phi) is 3.78. The average molecular weight is 278 g/mol. The van der Waals surface area contributed by atoms with E-state index in [0.717, 1.165) is 28.5 Å². The summed E-state index contributed by atoms with van der Waals surface area (Å²) >= 11 is 0. The highest BCUT2D eigenvalue weighted by atomic mass is 16.5. The third-order valence-corrected chi connectivity index (χ3v) is 3.66. The van der Waals surface area contributed by atoms with E-state index < -0.39 is 0 Å². The lowest BCUT2D eigenvalue weighted by molar-refractivity contribution is 0.325. The van der Waals surface area contributed by atoms with Crippen molar-refractivity contribution in [3.05, 3.63) is 71.8 Å². The molecule has 0 saturated carbocycles. The molecule has 1 N–H and O–H groups in total. The second kappa shape index (κ2) is 5.88. The predicted octanol–water partition coefficient (Wildman–Crippen LogP) is 4.48. The molecule has 3 aromatic carbocycles. The van der Waals surface area contributed by atoms with Crippen molar-refractivity contribution in [2.45, 2.75) is 13.3 Å². The van der Waals surface area contributed by atoms with Gasteiger partial charge in [0.2, 0.25) is 0 Å². The van der Waals surface area contributed by atoms with Crippen LogP contribution in [0.5, 0.6) is 11.5 Å². The summed E-state index contributed by atoms with van der Waals surface area (Å²) < 4.78 is 5.95. The van der Waals surface area contributed by atoms with Crippen LogP contribution in [-0.2, 0) is 6.42 Å². The zero-order valence-electron chi connectivity index (χ0n) is 12.0. The maximum absolute atomic E-state index is 10.1. The summed E-state index contributed by atoms with van der Waals surface area (Å²) in [5.74, 6) is 1.16. The first-order valence-corrected chi connectivity index (χ1v) is 7.14. The number of hydrogen-bond donors (Lipinski definition) is 1. The van der Waals surface area contributed by atoms with Gasteiger partial charge in [-0.3, -0.25) is 0 Å². The number of benzene rings is 3. The highest BCUT2D eigenvalue weighted by molar-refractivity contribution is 5.94. The molecule has 0 fully saturated rings. The third kappa shape index (κ3) is 2.84. The molecule has 3 rings (SSSR count). The van der Waals surface area contributed by atoms with E-state index in [1.807, 2.05) is 55.5 Å². The summed E-state index contributed by atoms with van der Waals surface area (Å²) in [5.41, 5.74) is 2.10. The number of hydrogen-bond acceptors (Lipinski definition) is 2. The molecule has 0 aliphatic carbocycles. The fourth-order valence-electron chi connectivity index (χ4n) is 2.50. The van der Waals surface area contributed by atoms with Gasteiger partial charge in [-0.25, -0.2) is 0 Å². The van der Waals surface area contributed by atoms with Gasteiger partial charge in [-0.2, -0.15) is 0 Å². The van der Waals surface area contributed by atoms with Crippen molar-refractivity contribution in [2.75, 3.05) is 6.61 Å². The summed E-state index contributed by atoms with van der Waals surface area (Å²) in [4.78, 5) is 0. The molecule has 0 heterocycles. The molecule has 0 aromatic heterocycles. The maximum Gasteiger partial charge on any atom is 0.127 e. The summed E-state index contributed by atoms with van der Waals surface area (Å²) in [6.45, 7) is 2.52. The Bertz CT molecular complexity index is 748. The lowest BCUT2D eigenvalue weighted by Crippen LogP contribution is -2.02. The molecule has 0 radical (unpaired) electrons. The molecule has 0 aliphatic rings. The predicted molar refractivity (Wildman–Crippen MR) is 86.0 cm³/mol. The van der Waals surface area contributed by atoms with Crippen LogP contribution in [0.1, 0.15) is 11.1 Å². The number of phenolic OH excluding ortho intramolecular Hbond substituents is 1. The van der Waals surface area contributed by atoms with Crippen molar-refractivity contribution in [3.63, 3.8) is 0 Å². The fourth-order valence-corrected chi connectivity index (χ4v) is 2.50. The summed E-state index contributed by atoms with van der Waals surface area (Å²) in [7, 11) is 0. The molecule has 106 valence electrons. The van der Waals surface area contributed by atoms with E-state index in [1.165, 1.54) is 5.56 Å². The van der Waals surface area contributed by atoms with Crippen molar-refractivity contribution >= 4 is 10.8 Å². The molecule has 0 bridgehead atoms. The molecular formula is C19H18O2. The Morgan fingerprint density at radius 3 is 2.33 bits per heavy atom. The van der Waals surface area contributed by atoms with Crippen LogP contribution in [0.25, 0.3) is 10.8 Å². The van der Waals surface area contributed by atoms with Crippen LogP contribution in [0.2, 0.25) is 0 Å². The van der Waals surface area contributed by atoms with E-state index in [2.05, 4.69) is 12.1 Å². The number of phenols is 1. The highest BCUT2D eigenvalue weighted by Gasteiger charge is 2.09. The number of aryl methyl sites for hydroxylation is 1. The number of rotatable bonds is 4. The quantitative estimate of drug-likeness (QED) is 0.762. The topological polar surface area (TPSA) is 29.5 Å². The summed E-state index contributed by atoms with van der Waals surface area (Å²) in [5, 5.41) is 11.9. The molecule has 0 amide bonds. The Morgan fingerprint density at radius 2 is 1.57 bits per heavy atom. The standard InChI is InChI=1S/C19H18O2/c1-14-13-18(16-9-5-6-10-17(16)19(14)20)21-12-11-15-7-3-2-4-8-15/h2-10,13,20H,11-12H2,1H3. The molecule has 0 spiro atoms. The van der Waals surface area contributed by atoms with E-state index in [1.54, 1.807) is 0 Å². The van der Waals surface area contributed by atoms with Crippen LogP contribution in [0.4, 0.5) is 0 Å². The first-order valence-electron chi connectivity index (χ1n) is 7.14. The van der Waals surface area contributed by atoms with Crippen LogP contribution >= 0.6 is 0 Å². The van der Waals surface area contributed by atoms with E-state index in [-0.39, 0.29) is 0 Å². The third-order valence-electron chi connectivity index (χ3n) is 3.66. The fraction of sp³-hybridized carbons (Fsp3) is 0.158. The molecule has 0 unspecified atom stereocenters.